The monoisotopic (exact) mass is 363 g/mol. The highest BCUT2D eigenvalue weighted by Gasteiger charge is 2.57. The number of fused-ring (bicyclic) bond motifs is 1. The van der Waals surface area contributed by atoms with Crippen LogP contribution in [0, 0.1) is 5.92 Å². The van der Waals surface area contributed by atoms with Gasteiger partial charge in [-0.05, 0) is 38.1 Å². The van der Waals surface area contributed by atoms with E-state index in [1.54, 1.807) is 6.07 Å². The van der Waals surface area contributed by atoms with Gasteiger partial charge in [-0.3, -0.25) is 4.79 Å². The molecule has 134 valence electrons. The summed E-state index contributed by atoms with van der Waals surface area (Å²) in [5.74, 6) is 0.992. The number of ether oxygens (including phenoxy) is 2. The second-order valence-electron chi connectivity index (χ2n) is 7.28. The van der Waals surface area contributed by atoms with Crippen molar-refractivity contribution in [3.8, 4) is 11.5 Å². The van der Waals surface area contributed by atoms with E-state index < -0.39 is 5.41 Å². The number of phenolic OH excluding ortho intramolecular Hbond substituents is 1. The molecule has 1 N–H and O–H groups in total. The number of likely N-dealkylation sites (tertiary alicyclic amines) is 1. The van der Waals surface area contributed by atoms with Crippen LogP contribution < -0.4 is 4.74 Å². The number of Topliss-reactive ketones (excluding diaryl/α,β-unsaturated/α-hetero) is 1. The number of allylic oxidation sites excluding steroid dienone is 1. The molecule has 2 bridgehead atoms. The minimum Gasteiger partial charge on any atom is -0.504 e. The molecule has 5 nitrogen and oxygen atoms in total. The largest absolute Gasteiger partial charge is 0.504 e. The number of rotatable bonds is 2. The van der Waals surface area contributed by atoms with Crippen molar-refractivity contribution in [3.05, 3.63) is 34.1 Å². The molecule has 4 rings (SSSR count). The lowest BCUT2D eigenvalue weighted by Gasteiger charge is -2.56. The average Bonchev–Trinajstić information content (AvgIpc) is 2.59. The number of piperidine rings is 1. The Kier molecular flexibility index (Phi) is 3.78. The Balaban J connectivity index is 2.01. The summed E-state index contributed by atoms with van der Waals surface area (Å²) in [5.41, 5.74) is 1.28. The molecule has 1 aliphatic heterocycles. The van der Waals surface area contributed by atoms with Gasteiger partial charge in [0.2, 0.25) is 0 Å². The summed E-state index contributed by atoms with van der Waals surface area (Å²) >= 11 is 6.54. The van der Waals surface area contributed by atoms with Crippen molar-refractivity contribution in [1.29, 1.82) is 0 Å². The second-order valence-corrected chi connectivity index (χ2v) is 7.69. The number of ketones is 1. The Morgan fingerprint density at radius 2 is 2.12 bits per heavy atom. The van der Waals surface area contributed by atoms with Gasteiger partial charge in [-0.1, -0.05) is 11.6 Å². The lowest BCUT2D eigenvalue weighted by atomic mass is 9.53. The Labute approximate surface area is 152 Å². The number of benzene rings is 1. The van der Waals surface area contributed by atoms with Crippen LogP contribution in [-0.2, 0) is 21.4 Å². The number of halogens is 1. The summed E-state index contributed by atoms with van der Waals surface area (Å²) in [6.45, 7) is 0.873. The van der Waals surface area contributed by atoms with E-state index in [2.05, 4.69) is 11.9 Å². The summed E-state index contributed by atoms with van der Waals surface area (Å²) in [6.07, 6.45) is 3.80. The molecule has 6 heteroatoms. The van der Waals surface area contributed by atoms with Gasteiger partial charge in [-0.25, -0.2) is 0 Å². The number of likely N-dealkylation sites (N-methyl/N-ethyl adjacent to an activating group) is 1. The first kappa shape index (κ1) is 16.7. The molecule has 0 saturated carbocycles. The van der Waals surface area contributed by atoms with Gasteiger partial charge in [0.05, 0.1) is 14.2 Å². The molecule has 25 heavy (non-hydrogen) atoms. The summed E-state index contributed by atoms with van der Waals surface area (Å²) in [5, 5.41) is 11.5. The van der Waals surface area contributed by atoms with Crippen molar-refractivity contribution in [1.82, 2.24) is 4.90 Å². The molecule has 1 fully saturated rings. The number of nitrogens with zero attached hydrogens (tertiary/aromatic N) is 1. The van der Waals surface area contributed by atoms with E-state index in [-0.39, 0.29) is 23.5 Å². The molecule has 0 radical (unpaired) electrons. The van der Waals surface area contributed by atoms with E-state index in [0.29, 0.717) is 23.0 Å². The zero-order valence-electron chi connectivity index (χ0n) is 14.6. The maximum Gasteiger partial charge on any atom is 0.197 e. The Morgan fingerprint density at radius 1 is 1.36 bits per heavy atom. The van der Waals surface area contributed by atoms with Gasteiger partial charge >= 0.3 is 0 Å². The molecule has 1 heterocycles. The second kappa shape index (κ2) is 5.64. The fourth-order valence-electron chi connectivity index (χ4n) is 5.06. The van der Waals surface area contributed by atoms with Gasteiger partial charge in [0.1, 0.15) is 0 Å². The highest BCUT2D eigenvalue weighted by atomic mass is 35.5. The van der Waals surface area contributed by atoms with Gasteiger partial charge in [0, 0.05) is 40.4 Å². The van der Waals surface area contributed by atoms with Gasteiger partial charge in [-0.15, -0.1) is 0 Å². The molecule has 1 saturated heterocycles. The van der Waals surface area contributed by atoms with Crippen LogP contribution in [0.25, 0.3) is 0 Å². The topological polar surface area (TPSA) is 59.0 Å². The van der Waals surface area contributed by atoms with E-state index in [1.807, 2.05) is 6.08 Å². The van der Waals surface area contributed by atoms with E-state index in [4.69, 9.17) is 21.1 Å². The zero-order chi connectivity index (χ0) is 17.9. The maximum absolute atomic E-state index is 12.7. The Morgan fingerprint density at radius 3 is 2.80 bits per heavy atom. The van der Waals surface area contributed by atoms with Crippen LogP contribution in [0.5, 0.6) is 11.5 Å². The first-order valence-electron chi connectivity index (χ1n) is 8.51. The number of hydrogen-bond acceptors (Lipinski definition) is 5. The predicted molar refractivity (Wildman–Crippen MR) is 94.3 cm³/mol. The average molecular weight is 364 g/mol. The highest BCUT2D eigenvalue weighted by Crippen LogP contribution is 2.58. The molecule has 0 spiro atoms. The predicted octanol–water partition coefficient (Wildman–Crippen LogP) is 2.67. The lowest BCUT2D eigenvalue weighted by Crippen LogP contribution is -2.60. The molecule has 0 aromatic heterocycles. The molecular formula is C19H22ClNO4. The lowest BCUT2D eigenvalue weighted by molar-refractivity contribution is -0.122. The number of phenols is 1. The van der Waals surface area contributed by atoms with Crippen molar-refractivity contribution in [3.63, 3.8) is 0 Å². The van der Waals surface area contributed by atoms with Crippen LogP contribution in [0.3, 0.4) is 0 Å². The van der Waals surface area contributed by atoms with E-state index in [9.17, 15) is 9.90 Å². The minimum absolute atomic E-state index is 0.0201. The normalized spacial score (nSPS) is 31.0. The molecule has 0 unspecified atom stereocenters. The quantitative estimate of drug-likeness (QED) is 0.875. The van der Waals surface area contributed by atoms with E-state index >= 15 is 0 Å². The van der Waals surface area contributed by atoms with E-state index in [1.165, 1.54) is 14.2 Å². The van der Waals surface area contributed by atoms with Crippen molar-refractivity contribution < 1.29 is 19.4 Å². The van der Waals surface area contributed by atoms with Gasteiger partial charge in [0.25, 0.3) is 0 Å². The minimum atomic E-state index is -0.452. The van der Waals surface area contributed by atoms with Crippen molar-refractivity contribution in [2.24, 2.45) is 5.92 Å². The SMILES string of the molecule is COC1=C[C@@H]2[C@@H]3Cc4c(Cl)cc(OC)c(O)c4[C@]2(CCN3C)CC1=O. The van der Waals surface area contributed by atoms with Crippen LogP contribution in [0.15, 0.2) is 17.9 Å². The molecule has 3 aliphatic rings. The third kappa shape index (κ3) is 2.15. The Hall–Kier alpha value is -1.72. The van der Waals surface area contributed by atoms with Crippen LogP contribution in [0.1, 0.15) is 24.0 Å². The van der Waals surface area contributed by atoms with Crippen LogP contribution in [0.2, 0.25) is 5.02 Å². The number of methoxy groups -OCH3 is 2. The summed E-state index contributed by atoms with van der Waals surface area (Å²) in [7, 11) is 5.16. The molecule has 3 atom stereocenters. The summed E-state index contributed by atoms with van der Waals surface area (Å²) in [6, 6.07) is 1.90. The van der Waals surface area contributed by atoms with Crippen molar-refractivity contribution in [2.45, 2.75) is 30.7 Å². The number of carbonyl (C=O) groups is 1. The number of hydrogen-bond donors (Lipinski definition) is 1. The van der Waals surface area contributed by atoms with Gasteiger partial charge < -0.3 is 19.5 Å². The van der Waals surface area contributed by atoms with Crippen LogP contribution in [0.4, 0.5) is 0 Å². The fourth-order valence-corrected chi connectivity index (χ4v) is 5.33. The number of carbonyl (C=O) groups excluding carboxylic acids is 1. The zero-order valence-corrected chi connectivity index (χ0v) is 15.4. The summed E-state index contributed by atoms with van der Waals surface area (Å²) in [4.78, 5) is 15.0. The maximum atomic E-state index is 12.7. The van der Waals surface area contributed by atoms with Gasteiger partial charge in [-0.2, -0.15) is 0 Å². The van der Waals surface area contributed by atoms with Crippen LogP contribution in [-0.4, -0.2) is 49.6 Å². The van der Waals surface area contributed by atoms with E-state index in [0.717, 1.165) is 30.5 Å². The van der Waals surface area contributed by atoms with Crippen LogP contribution >= 0.6 is 11.6 Å². The smallest absolute Gasteiger partial charge is 0.197 e. The fraction of sp³-hybridized carbons (Fsp3) is 0.526. The summed E-state index contributed by atoms with van der Waals surface area (Å²) < 4.78 is 10.6. The number of aromatic hydroxyl groups is 1. The van der Waals surface area contributed by atoms with Crippen molar-refractivity contribution in [2.75, 3.05) is 27.8 Å². The Bertz CT molecular complexity index is 790. The third-order valence-corrected chi connectivity index (χ3v) is 6.62. The highest BCUT2D eigenvalue weighted by molar-refractivity contribution is 6.31. The van der Waals surface area contributed by atoms with Gasteiger partial charge in [0.15, 0.2) is 23.0 Å². The van der Waals surface area contributed by atoms with Crippen molar-refractivity contribution >= 4 is 17.4 Å². The molecular weight excluding hydrogens is 342 g/mol. The molecule has 1 aromatic carbocycles. The molecule has 1 aromatic rings. The standard InChI is InChI=1S/C19H22ClNO4/c1-21-5-4-19-9-14(22)15(24-2)7-11(19)13(21)6-10-12(20)8-16(25-3)18(23)17(10)19/h7-8,11,13,23H,4-6,9H2,1-3H3/t11-,13+,19-/m1/s1. The first-order chi connectivity index (χ1) is 11.9. The molecule has 0 amide bonds. The molecule has 2 aliphatic carbocycles. The first-order valence-corrected chi connectivity index (χ1v) is 8.88. The third-order valence-electron chi connectivity index (χ3n) is 6.28.